The van der Waals surface area contributed by atoms with Crippen LogP contribution in [0.4, 0.5) is 0 Å². The zero-order chi connectivity index (χ0) is 13.5. The number of ether oxygens (including phenoxy) is 2. The molecule has 0 heterocycles. The molecular formula is C13H18BrNO3. The Balaban J connectivity index is 2.95. The SMILES string of the molecule is COc1ccc(OC)c(C(=O)N(C)CCCBr)c1. The highest BCUT2D eigenvalue weighted by molar-refractivity contribution is 9.09. The van der Waals surface area contributed by atoms with E-state index in [1.807, 2.05) is 0 Å². The number of amides is 1. The lowest BCUT2D eigenvalue weighted by Gasteiger charge is -2.18. The average molecular weight is 316 g/mol. The molecule has 0 saturated heterocycles. The second-order valence-electron chi connectivity index (χ2n) is 3.84. The lowest BCUT2D eigenvalue weighted by molar-refractivity contribution is 0.0792. The fourth-order valence-electron chi connectivity index (χ4n) is 1.59. The summed E-state index contributed by atoms with van der Waals surface area (Å²) in [5, 5.41) is 0.875. The number of methoxy groups -OCH3 is 2. The van der Waals surface area contributed by atoms with E-state index in [4.69, 9.17) is 9.47 Å². The molecule has 1 aromatic rings. The maximum Gasteiger partial charge on any atom is 0.257 e. The number of carbonyl (C=O) groups excluding carboxylic acids is 1. The molecule has 18 heavy (non-hydrogen) atoms. The molecule has 0 N–H and O–H groups in total. The third-order valence-electron chi connectivity index (χ3n) is 2.61. The van der Waals surface area contributed by atoms with Gasteiger partial charge in [-0.3, -0.25) is 4.79 Å². The van der Waals surface area contributed by atoms with Gasteiger partial charge in [-0.1, -0.05) is 15.9 Å². The summed E-state index contributed by atoms with van der Waals surface area (Å²) in [5.41, 5.74) is 0.522. The largest absolute Gasteiger partial charge is 0.497 e. The Morgan fingerprint density at radius 1 is 1.33 bits per heavy atom. The molecule has 1 aromatic carbocycles. The van der Waals surface area contributed by atoms with Crippen LogP contribution in [0.15, 0.2) is 18.2 Å². The van der Waals surface area contributed by atoms with Crippen LogP contribution < -0.4 is 9.47 Å². The van der Waals surface area contributed by atoms with Crippen LogP contribution in [0.25, 0.3) is 0 Å². The summed E-state index contributed by atoms with van der Waals surface area (Å²) < 4.78 is 10.3. The summed E-state index contributed by atoms with van der Waals surface area (Å²) in [6.45, 7) is 0.699. The predicted octanol–water partition coefficient (Wildman–Crippen LogP) is 2.56. The van der Waals surface area contributed by atoms with Gasteiger partial charge in [0.05, 0.1) is 19.8 Å². The summed E-state index contributed by atoms with van der Waals surface area (Å²) in [5.74, 6) is 1.14. The van der Waals surface area contributed by atoms with Crippen molar-refractivity contribution < 1.29 is 14.3 Å². The van der Waals surface area contributed by atoms with Crippen LogP contribution in [0.2, 0.25) is 0 Å². The van der Waals surface area contributed by atoms with Gasteiger partial charge >= 0.3 is 0 Å². The Morgan fingerprint density at radius 3 is 2.61 bits per heavy atom. The topological polar surface area (TPSA) is 38.8 Å². The highest BCUT2D eigenvalue weighted by Crippen LogP contribution is 2.25. The van der Waals surface area contributed by atoms with Gasteiger partial charge < -0.3 is 14.4 Å². The molecule has 1 amide bonds. The number of alkyl halides is 1. The van der Waals surface area contributed by atoms with E-state index in [-0.39, 0.29) is 5.91 Å². The second-order valence-corrected chi connectivity index (χ2v) is 4.63. The minimum absolute atomic E-state index is 0.0632. The van der Waals surface area contributed by atoms with E-state index < -0.39 is 0 Å². The van der Waals surface area contributed by atoms with Gasteiger partial charge in [0, 0.05) is 18.9 Å². The average Bonchev–Trinajstić information content (AvgIpc) is 2.43. The molecule has 100 valence electrons. The van der Waals surface area contributed by atoms with Gasteiger partial charge in [-0.05, 0) is 24.6 Å². The van der Waals surface area contributed by atoms with Crippen molar-refractivity contribution in [3.8, 4) is 11.5 Å². The van der Waals surface area contributed by atoms with Gasteiger partial charge in [-0.2, -0.15) is 0 Å². The van der Waals surface area contributed by atoms with Gasteiger partial charge in [-0.25, -0.2) is 0 Å². The third kappa shape index (κ3) is 3.63. The lowest BCUT2D eigenvalue weighted by atomic mass is 10.1. The zero-order valence-corrected chi connectivity index (χ0v) is 12.5. The summed E-state index contributed by atoms with van der Waals surface area (Å²) >= 11 is 3.35. The Bertz CT molecular complexity index is 409. The molecule has 0 aliphatic heterocycles. The normalized spacial score (nSPS) is 10.0. The first kappa shape index (κ1) is 14.8. The minimum atomic E-state index is -0.0632. The van der Waals surface area contributed by atoms with Crippen LogP contribution in [0.3, 0.4) is 0 Å². The summed E-state index contributed by atoms with van der Waals surface area (Å²) in [4.78, 5) is 14.0. The molecule has 0 unspecified atom stereocenters. The smallest absolute Gasteiger partial charge is 0.257 e. The lowest BCUT2D eigenvalue weighted by Crippen LogP contribution is -2.28. The van der Waals surface area contributed by atoms with Gasteiger partial charge in [0.15, 0.2) is 0 Å². The number of hydrogen-bond donors (Lipinski definition) is 0. The summed E-state index contributed by atoms with van der Waals surface area (Å²) in [6.07, 6.45) is 0.911. The molecule has 5 heteroatoms. The number of hydrogen-bond acceptors (Lipinski definition) is 3. The van der Waals surface area contributed by atoms with E-state index in [0.717, 1.165) is 11.8 Å². The number of carbonyl (C=O) groups is 1. The van der Waals surface area contributed by atoms with E-state index in [1.54, 1.807) is 44.4 Å². The Labute approximate surface area is 116 Å². The summed E-state index contributed by atoms with van der Waals surface area (Å²) in [6, 6.07) is 5.21. The van der Waals surface area contributed by atoms with Crippen molar-refractivity contribution in [3.05, 3.63) is 23.8 Å². The van der Waals surface area contributed by atoms with Crippen molar-refractivity contribution in [2.75, 3.05) is 33.1 Å². The Hall–Kier alpha value is -1.23. The van der Waals surface area contributed by atoms with E-state index in [2.05, 4.69) is 15.9 Å². The monoisotopic (exact) mass is 315 g/mol. The number of benzene rings is 1. The molecule has 0 fully saturated rings. The number of rotatable bonds is 6. The van der Waals surface area contributed by atoms with Crippen LogP contribution in [-0.4, -0.2) is 43.9 Å². The molecule has 0 atom stereocenters. The zero-order valence-electron chi connectivity index (χ0n) is 10.9. The number of halogens is 1. The Morgan fingerprint density at radius 2 is 2.06 bits per heavy atom. The minimum Gasteiger partial charge on any atom is -0.497 e. The van der Waals surface area contributed by atoms with Crippen molar-refractivity contribution in [3.63, 3.8) is 0 Å². The standard InChI is InChI=1S/C13H18BrNO3/c1-15(8-4-7-14)13(16)11-9-10(17-2)5-6-12(11)18-3/h5-6,9H,4,7-8H2,1-3H3. The fourth-order valence-corrected chi connectivity index (χ4v) is 1.84. The maximum absolute atomic E-state index is 12.3. The molecule has 0 saturated carbocycles. The van der Waals surface area contributed by atoms with Gasteiger partial charge in [0.2, 0.25) is 0 Å². The number of nitrogens with zero attached hydrogens (tertiary/aromatic N) is 1. The molecule has 0 aliphatic carbocycles. The molecule has 0 aliphatic rings. The van der Waals surface area contributed by atoms with E-state index in [0.29, 0.717) is 23.6 Å². The van der Waals surface area contributed by atoms with Crippen LogP contribution in [-0.2, 0) is 0 Å². The van der Waals surface area contributed by atoms with E-state index >= 15 is 0 Å². The van der Waals surface area contributed by atoms with Gasteiger partial charge in [0.25, 0.3) is 5.91 Å². The van der Waals surface area contributed by atoms with Crippen LogP contribution in [0, 0.1) is 0 Å². The first-order chi connectivity index (χ1) is 8.63. The van der Waals surface area contributed by atoms with Crippen molar-refractivity contribution in [2.45, 2.75) is 6.42 Å². The molecule has 4 nitrogen and oxygen atoms in total. The molecule has 0 radical (unpaired) electrons. The third-order valence-corrected chi connectivity index (χ3v) is 3.17. The van der Waals surface area contributed by atoms with E-state index in [9.17, 15) is 4.79 Å². The molecule has 0 aromatic heterocycles. The quantitative estimate of drug-likeness (QED) is 0.757. The van der Waals surface area contributed by atoms with E-state index in [1.165, 1.54) is 0 Å². The fraction of sp³-hybridized carbons (Fsp3) is 0.462. The van der Waals surface area contributed by atoms with Crippen molar-refractivity contribution in [2.24, 2.45) is 0 Å². The van der Waals surface area contributed by atoms with Crippen LogP contribution in [0.5, 0.6) is 11.5 Å². The van der Waals surface area contributed by atoms with Crippen LogP contribution in [0.1, 0.15) is 16.8 Å². The molecule has 0 spiro atoms. The Kier molecular flexibility index (Phi) is 5.98. The molecule has 1 rings (SSSR count). The highest BCUT2D eigenvalue weighted by atomic mass is 79.9. The highest BCUT2D eigenvalue weighted by Gasteiger charge is 2.17. The first-order valence-corrected chi connectivity index (χ1v) is 6.79. The molecule has 0 bridgehead atoms. The van der Waals surface area contributed by atoms with Crippen molar-refractivity contribution in [1.29, 1.82) is 0 Å². The maximum atomic E-state index is 12.3. The predicted molar refractivity (Wildman–Crippen MR) is 74.9 cm³/mol. The van der Waals surface area contributed by atoms with Gasteiger partial charge in [-0.15, -0.1) is 0 Å². The summed E-state index contributed by atoms with van der Waals surface area (Å²) in [7, 11) is 4.91. The van der Waals surface area contributed by atoms with Crippen molar-refractivity contribution >= 4 is 21.8 Å². The van der Waals surface area contributed by atoms with Crippen LogP contribution >= 0.6 is 15.9 Å². The van der Waals surface area contributed by atoms with Gasteiger partial charge in [0.1, 0.15) is 11.5 Å². The molecular weight excluding hydrogens is 298 g/mol. The first-order valence-electron chi connectivity index (χ1n) is 5.67. The van der Waals surface area contributed by atoms with Crippen molar-refractivity contribution in [1.82, 2.24) is 4.90 Å². The second kappa shape index (κ2) is 7.26.